The number of ether oxygens (including phenoxy) is 1. The van der Waals surface area contributed by atoms with Crippen molar-refractivity contribution in [2.24, 2.45) is 5.73 Å². The summed E-state index contributed by atoms with van der Waals surface area (Å²) in [5, 5.41) is -0.383. The Kier molecular flexibility index (Phi) is 6.27. The van der Waals surface area contributed by atoms with Gasteiger partial charge in [-0.15, -0.1) is 0 Å². The molecule has 4 nitrogen and oxygen atoms in total. The zero-order valence-electron chi connectivity index (χ0n) is 12.3. The molecule has 0 bridgehead atoms. The number of nitrogens with two attached hydrogens (primary N) is 1. The molecule has 1 rings (SSSR count). The topological polar surface area (TPSA) is 53.7 Å². The normalized spacial score (nSPS) is 31.5. The van der Waals surface area contributed by atoms with Crippen LogP contribution in [0.15, 0.2) is 0 Å². The molecule has 0 spiro atoms. The van der Waals surface area contributed by atoms with Crippen LogP contribution in [0.1, 0.15) is 47.0 Å². The van der Waals surface area contributed by atoms with Crippen LogP contribution in [-0.4, -0.2) is 39.6 Å². The average Bonchev–Trinajstić information content (AvgIpc) is 2.35. The highest BCUT2D eigenvalue weighted by molar-refractivity contribution is 6.71. The molecule has 1 aliphatic heterocycles. The van der Waals surface area contributed by atoms with E-state index in [9.17, 15) is 0 Å². The van der Waals surface area contributed by atoms with E-state index in [2.05, 4.69) is 6.92 Å². The van der Waals surface area contributed by atoms with Crippen LogP contribution in [0.25, 0.3) is 0 Å². The standard InChI is InChI=1S/C13H29NO3Si/c1-5-13(15-6-2)12(14)10-9-11-18(13,16-7-3)17-8-4/h12H,5-11,14H2,1-4H3. The average molecular weight is 275 g/mol. The van der Waals surface area contributed by atoms with Gasteiger partial charge in [-0.05, 0) is 46.1 Å². The van der Waals surface area contributed by atoms with E-state index in [1.165, 1.54) is 0 Å². The van der Waals surface area contributed by atoms with E-state index in [0.717, 1.165) is 25.3 Å². The summed E-state index contributed by atoms with van der Waals surface area (Å²) in [6.45, 7) is 10.2. The fourth-order valence-electron chi connectivity index (χ4n) is 3.29. The van der Waals surface area contributed by atoms with Crippen molar-refractivity contribution in [2.75, 3.05) is 19.8 Å². The Labute approximate surface area is 112 Å². The Morgan fingerprint density at radius 1 is 1.11 bits per heavy atom. The first-order valence-electron chi connectivity index (χ1n) is 7.29. The molecule has 0 aromatic heterocycles. The molecule has 1 fully saturated rings. The maximum atomic E-state index is 6.40. The van der Waals surface area contributed by atoms with E-state index in [1.807, 2.05) is 20.8 Å². The van der Waals surface area contributed by atoms with Crippen molar-refractivity contribution >= 4 is 8.56 Å². The maximum absolute atomic E-state index is 6.40. The van der Waals surface area contributed by atoms with Crippen LogP contribution >= 0.6 is 0 Å². The van der Waals surface area contributed by atoms with E-state index in [0.29, 0.717) is 19.8 Å². The second-order valence-electron chi connectivity index (χ2n) is 4.79. The molecule has 0 amide bonds. The molecular weight excluding hydrogens is 246 g/mol. The molecule has 108 valence electrons. The highest BCUT2D eigenvalue weighted by atomic mass is 28.4. The maximum Gasteiger partial charge on any atom is 0.372 e. The summed E-state index contributed by atoms with van der Waals surface area (Å²) in [4.78, 5) is 0. The molecule has 1 aliphatic rings. The highest BCUT2D eigenvalue weighted by Gasteiger charge is 2.62. The lowest BCUT2D eigenvalue weighted by Crippen LogP contribution is -2.73. The number of hydrogen-bond donors (Lipinski definition) is 1. The van der Waals surface area contributed by atoms with E-state index in [4.69, 9.17) is 19.3 Å². The molecule has 0 saturated carbocycles. The SMILES string of the molecule is CCOC1(CC)C(N)CCC[Si]1(OCC)OCC. The van der Waals surface area contributed by atoms with Crippen molar-refractivity contribution in [2.45, 2.75) is 64.3 Å². The van der Waals surface area contributed by atoms with Gasteiger partial charge in [-0.25, -0.2) is 0 Å². The van der Waals surface area contributed by atoms with Gasteiger partial charge in [0, 0.05) is 25.9 Å². The fourth-order valence-corrected chi connectivity index (χ4v) is 7.78. The van der Waals surface area contributed by atoms with Gasteiger partial charge in [0.05, 0.1) is 0 Å². The summed E-state index contributed by atoms with van der Waals surface area (Å²) in [6.07, 6.45) is 2.96. The molecule has 1 saturated heterocycles. The highest BCUT2D eigenvalue weighted by Crippen LogP contribution is 2.42. The van der Waals surface area contributed by atoms with Crippen LogP contribution in [0, 0.1) is 0 Å². The smallest absolute Gasteiger partial charge is 0.372 e. The summed E-state index contributed by atoms with van der Waals surface area (Å²) in [5.74, 6) is 0. The Morgan fingerprint density at radius 2 is 1.72 bits per heavy atom. The summed E-state index contributed by atoms with van der Waals surface area (Å²) >= 11 is 0. The van der Waals surface area contributed by atoms with Crippen LogP contribution in [0.3, 0.4) is 0 Å². The Bertz CT molecular complexity index is 241. The van der Waals surface area contributed by atoms with Crippen LogP contribution in [0.5, 0.6) is 0 Å². The van der Waals surface area contributed by atoms with E-state index in [1.54, 1.807) is 0 Å². The van der Waals surface area contributed by atoms with Gasteiger partial charge in [0.15, 0.2) is 0 Å². The van der Waals surface area contributed by atoms with Crippen molar-refractivity contribution < 1.29 is 13.6 Å². The molecule has 2 N–H and O–H groups in total. The molecule has 1 heterocycles. The monoisotopic (exact) mass is 275 g/mol. The minimum Gasteiger partial charge on any atom is -0.393 e. The molecule has 0 aromatic rings. The third kappa shape index (κ3) is 2.65. The lowest BCUT2D eigenvalue weighted by atomic mass is 10.0. The number of rotatable bonds is 7. The van der Waals surface area contributed by atoms with Gasteiger partial charge in [0.2, 0.25) is 0 Å². The van der Waals surface area contributed by atoms with Gasteiger partial charge in [-0.1, -0.05) is 6.92 Å². The summed E-state index contributed by atoms with van der Waals surface area (Å²) in [7, 11) is -2.39. The third-order valence-corrected chi connectivity index (χ3v) is 8.63. The molecule has 18 heavy (non-hydrogen) atoms. The molecule has 2 atom stereocenters. The number of hydrogen-bond acceptors (Lipinski definition) is 4. The quantitative estimate of drug-likeness (QED) is 0.725. The Balaban J connectivity index is 3.13. The first-order valence-corrected chi connectivity index (χ1v) is 9.32. The predicted octanol–water partition coefficient (Wildman–Crippen LogP) is 2.35. The minimum atomic E-state index is -2.39. The van der Waals surface area contributed by atoms with E-state index in [-0.39, 0.29) is 11.3 Å². The fraction of sp³-hybridized carbons (Fsp3) is 1.00. The van der Waals surface area contributed by atoms with Crippen LogP contribution in [0.4, 0.5) is 0 Å². The van der Waals surface area contributed by atoms with Crippen molar-refractivity contribution in [3.63, 3.8) is 0 Å². The van der Waals surface area contributed by atoms with Crippen molar-refractivity contribution in [3.8, 4) is 0 Å². The summed E-state index contributed by atoms with van der Waals surface area (Å²) in [6, 6.07) is 1.02. The second kappa shape index (κ2) is 7.00. The van der Waals surface area contributed by atoms with Crippen molar-refractivity contribution in [3.05, 3.63) is 0 Å². The lowest BCUT2D eigenvalue weighted by Gasteiger charge is -2.52. The summed E-state index contributed by atoms with van der Waals surface area (Å²) in [5.41, 5.74) is 6.40. The van der Waals surface area contributed by atoms with E-state index < -0.39 is 8.56 Å². The van der Waals surface area contributed by atoms with Gasteiger partial charge < -0.3 is 19.3 Å². The third-order valence-electron chi connectivity index (χ3n) is 3.95. The van der Waals surface area contributed by atoms with Crippen LogP contribution in [0.2, 0.25) is 6.04 Å². The Morgan fingerprint density at radius 3 is 2.17 bits per heavy atom. The van der Waals surface area contributed by atoms with Gasteiger partial charge in [0.25, 0.3) is 0 Å². The first-order chi connectivity index (χ1) is 8.62. The first kappa shape index (κ1) is 16.1. The minimum absolute atomic E-state index is 0.0287. The largest absolute Gasteiger partial charge is 0.393 e. The zero-order valence-corrected chi connectivity index (χ0v) is 13.3. The van der Waals surface area contributed by atoms with Gasteiger partial charge >= 0.3 is 8.56 Å². The van der Waals surface area contributed by atoms with Gasteiger partial charge in [0.1, 0.15) is 5.22 Å². The summed E-state index contributed by atoms with van der Waals surface area (Å²) < 4.78 is 18.4. The van der Waals surface area contributed by atoms with Crippen LogP contribution < -0.4 is 5.73 Å². The van der Waals surface area contributed by atoms with Crippen LogP contribution in [-0.2, 0) is 13.6 Å². The van der Waals surface area contributed by atoms with Crippen molar-refractivity contribution in [1.82, 2.24) is 0 Å². The van der Waals surface area contributed by atoms with Gasteiger partial charge in [-0.3, -0.25) is 0 Å². The molecule has 5 heteroatoms. The second-order valence-corrected chi connectivity index (χ2v) is 8.22. The van der Waals surface area contributed by atoms with Gasteiger partial charge in [-0.2, -0.15) is 0 Å². The van der Waals surface area contributed by atoms with Crippen molar-refractivity contribution in [1.29, 1.82) is 0 Å². The Hall–Kier alpha value is 0.0569. The molecule has 0 radical (unpaired) electrons. The molecule has 2 unspecified atom stereocenters. The zero-order chi connectivity index (χ0) is 13.6. The van der Waals surface area contributed by atoms with E-state index >= 15 is 0 Å². The molecule has 0 aliphatic carbocycles. The molecule has 0 aromatic carbocycles. The molecular formula is C13H29NO3Si. The lowest BCUT2D eigenvalue weighted by molar-refractivity contribution is -0.0540. The predicted molar refractivity (Wildman–Crippen MR) is 75.7 cm³/mol.